The fourth-order valence-electron chi connectivity index (χ4n) is 1.32. The van der Waals surface area contributed by atoms with Crippen molar-refractivity contribution in [2.45, 2.75) is 38.1 Å². The topological polar surface area (TPSA) is 59.1 Å². The number of aryl methyl sites for hydroxylation is 1. The molecule has 0 aliphatic carbocycles. The van der Waals surface area contributed by atoms with Crippen LogP contribution >= 0.6 is 0 Å². The van der Waals surface area contributed by atoms with E-state index in [0.717, 1.165) is 19.3 Å². The molecule has 0 bridgehead atoms. The van der Waals surface area contributed by atoms with Gasteiger partial charge in [-0.1, -0.05) is 25.8 Å². The zero-order chi connectivity index (χ0) is 12.0. The summed E-state index contributed by atoms with van der Waals surface area (Å²) in [6.07, 6.45) is 2.97. The highest BCUT2D eigenvalue weighted by Crippen LogP contribution is 2.06. The average Bonchev–Trinajstić information content (AvgIpc) is 2.24. The van der Waals surface area contributed by atoms with E-state index in [9.17, 15) is 8.42 Å². The van der Waals surface area contributed by atoms with Gasteiger partial charge in [0.1, 0.15) is 0 Å². The summed E-state index contributed by atoms with van der Waals surface area (Å²) in [6, 6.07) is 4.98. The van der Waals surface area contributed by atoms with E-state index >= 15 is 0 Å². The van der Waals surface area contributed by atoms with Gasteiger partial charge < -0.3 is 0 Å². The van der Waals surface area contributed by atoms with E-state index in [0.29, 0.717) is 12.2 Å². The van der Waals surface area contributed by atoms with Crippen molar-refractivity contribution in [1.29, 1.82) is 0 Å². The SMILES string of the molecule is CCCCCNS(=O)(=O)c1cccc(C)n1. The Morgan fingerprint density at radius 2 is 2.06 bits per heavy atom. The van der Waals surface area contributed by atoms with E-state index in [-0.39, 0.29) is 5.03 Å². The van der Waals surface area contributed by atoms with Gasteiger partial charge in [-0.2, -0.15) is 0 Å². The summed E-state index contributed by atoms with van der Waals surface area (Å²) in [4.78, 5) is 3.99. The van der Waals surface area contributed by atoms with Crippen LogP contribution in [-0.2, 0) is 10.0 Å². The number of sulfonamides is 1. The first kappa shape index (κ1) is 13.1. The average molecular weight is 242 g/mol. The molecule has 0 spiro atoms. The third-order valence-electron chi connectivity index (χ3n) is 2.21. The molecule has 0 amide bonds. The highest BCUT2D eigenvalue weighted by atomic mass is 32.2. The number of hydrogen-bond donors (Lipinski definition) is 1. The number of hydrogen-bond acceptors (Lipinski definition) is 3. The molecule has 4 nitrogen and oxygen atoms in total. The highest BCUT2D eigenvalue weighted by Gasteiger charge is 2.14. The van der Waals surface area contributed by atoms with Crippen LogP contribution in [0.1, 0.15) is 31.9 Å². The van der Waals surface area contributed by atoms with Gasteiger partial charge >= 0.3 is 0 Å². The van der Waals surface area contributed by atoms with Gasteiger partial charge in [-0.25, -0.2) is 18.1 Å². The normalized spacial score (nSPS) is 11.6. The Labute approximate surface area is 97.2 Å². The lowest BCUT2D eigenvalue weighted by Gasteiger charge is -2.05. The minimum atomic E-state index is -3.42. The summed E-state index contributed by atoms with van der Waals surface area (Å²) in [5.74, 6) is 0. The molecule has 5 heteroatoms. The Bertz CT molecular complexity index is 429. The third-order valence-corrected chi connectivity index (χ3v) is 3.57. The monoisotopic (exact) mass is 242 g/mol. The molecule has 16 heavy (non-hydrogen) atoms. The van der Waals surface area contributed by atoms with E-state index in [1.54, 1.807) is 19.1 Å². The van der Waals surface area contributed by atoms with E-state index < -0.39 is 10.0 Å². The molecule has 1 aromatic heterocycles. The Kier molecular flexibility index (Phi) is 4.89. The van der Waals surface area contributed by atoms with Crippen LogP contribution in [0.3, 0.4) is 0 Å². The van der Waals surface area contributed by atoms with Gasteiger partial charge in [0.25, 0.3) is 10.0 Å². The van der Waals surface area contributed by atoms with Gasteiger partial charge in [-0.05, 0) is 25.5 Å². The molecule has 0 aliphatic heterocycles. The minimum absolute atomic E-state index is 0.101. The molecule has 1 N–H and O–H groups in total. The van der Waals surface area contributed by atoms with Crippen molar-refractivity contribution >= 4 is 10.0 Å². The van der Waals surface area contributed by atoms with Crippen LogP contribution in [0.15, 0.2) is 23.2 Å². The van der Waals surface area contributed by atoms with Gasteiger partial charge in [-0.3, -0.25) is 0 Å². The maximum absolute atomic E-state index is 11.8. The van der Waals surface area contributed by atoms with E-state index in [1.165, 1.54) is 6.07 Å². The molecule has 0 saturated heterocycles. The number of pyridine rings is 1. The molecule has 0 aliphatic rings. The molecule has 0 saturated carbocycles. The highest BCUT2D eigenvalue weighted by molar-refractivity contribution is 7.89. The Balaban J connectivity index is 2.64. The minimum Gasteiger partial charge on any atom is -0.240 e. The van der Waals surface area contributed by atoms with Gasteiger partial charge in [0.15, 0.2) is 5.03 Å². The number of unbranched alkanes of at least 4 members (excludes halogenated alkanes) is 2. The van der Waals surface area contributed by atoms with Gasteiger partial charge in [0.2, 0.25) is 0 Å². The first-order valence-corrected chi connectivity index (χ1v) is 6.98. The van der Waals surface area contributed by atoms with Gasteiger partial charge in [0.05, 0.1) is 0 Å². The zero-order valence-electron chi connectivity index (χ0n) is 9.73. The van der Waals surface area contributed by atoms with Crippen molar-refractivity contribution in [3.63, 3.8) is 0 Å². The summed E-state index contributed by atoms with van der Waals surface area (Å²) < 4.78 is 26.1. The summed E-state index contributed by atoms with van der Waals surface area (Å²) in [6.45, 7) is 4.33. The zero-order valence-corrected chi connectivity index (χ0v) is 10.5. The number of aromatic nitrogens is 1. The third kappa shape index (κ3) is 3.90. The van der Waals surface area contributed by atoms with Crippen molar-refractivity contribution in [2.24, 2.45) is 0 Å². The maximum Gasteiger partial charge on any atom is 0.258 e. The lowest BCUT2D eigenvalue weighted by molar-refractivity contribution is 0.572. The molecule has 1 rings (SSSR count). The van der Waals surface area contributed by atoms with Crippen molar-refractivity contribution in [2.75, 3.05) is 6.54 Å². The Hall–Kier alpha value is -0.940. The fourth-order valence-corrected chi connectivity index (χ4v) is 2.41. The summed E-state index contributed by atoms with van der Waals surface area (Å²) >= 11 is 0. The number of nitrogens with one attached hydrogen (secondary N) is 1. The Morgan fingerprint density at radius 3 is 2.69 bits per heavy atom. The van der Waals surface area contributed by atoms with Gasteiger partial charge in [0, 0.05) is 12.2 Å². The summed E-state index contributed by atoms with van der Waals surface area (Å²) in [5.41, 5.74) is 0.705. The predicted molar refractivity (Wildman–Crippen MR) is 63.7 cm³/mol. The molecular weight excluding hydrogens is 224 g/mol. The molecule has 0 fully saturated rings. The van der Waals surface area contributed by atoms with Crippen LogP contribution in [0.25, 0.3) is 0 Å². The first-order valence-electron chi connectivity index (χ1n) is 5.49. The van der Waals surface area contributed by atoms with Crippen molar-refractivity contribution in [1.82, 2.24) is 9.71 Å². The molecule has 0 radical (unpaired) electrons. The summed E-state index contributed by atoms with van der Waals surface area (Å²) in [5, 5.41) is 0.101. The predicted octanol–water partition coefficient (Wildman–Crippen LogP) is 1.86. The quantitative estimate of drug-likeness (QED) is 0.775. The van der Waals surface area contributed by atoms with Crippen LogP contribution < -0.4 is 4.72 Å². The van der Waals surface area contributed by atoms with Crippen LogP contribution in [0.4, 0.5) is 0 Å². The van der Waals surface area contributed by atoms with E-state index in [1.807, 2.05) is 0 Å². The molecule has 0 unspecified atom stereocenters. The van der Waals surface area contributed by atoms with E-state index in [4.69, 9.17) is 0 Å². The molecule has 90 valence electrons. The molecule has 0 aromatic carbocycles. The molecule has 1 aromatic rings. The molecule has 1 heterocycles. The standard InChI is InChI=1S/C11H18N2O2S/c1-3-4-5-9-12-16(14,15)11-8-6-7-10(2)13-11/h6-8,12H,3-5,9H2,1-2H3. The van der Waals surface area contributed by atoms with Gasteiger partial charge in [-0.15, -0.1) is 0 Å². The second-order valence-electron chi connectivity index (χ2n) is 3.72. The molecular formula is C11H18N2O2S. The first-order chi connectivity index (χ1) is 7.56. The smallest absolute Gasteiger partial charge is 0.240 e. The lowest BCUT2D eigenvalue weighted by Crippen LogP contribution is -2.25. The maximum atomic E-state index is 11.8. The van der Waals surface area contributed by atoms with Crippen molar-refractivity contribution in [3.8, 4) is 0 Å². The van der Waals surface area contributed by atoms with Crippen LogP contribution in [0, 0.1) is 6.92 Å². The second-order valence-corrected chi connectivity index (χ2v) is 5.44. The fraction of sp³-hybridized carbons (Fsp3) is 0.545. The second kappa shape index (κ2) is 5.96. The van der Waals surface area contributed by atoms with Crippen LogP contribution in [0.2, 0.25) is 0 Å². The largest absolute Gasteiger partial charge is 0.258 e. The van der Waals surface area contributed by atoms with E-state index in [2.05, 4.69) is 16.6 Å². The Morgan fingerprint density at radius 1 is 1.31 bits per heavy atom. The van der Waals surface area contributed by atoms with Crippen molar-refractivity contribution < 1.29 is 8.42 Å². The summed E-state index contributed by atoms with van der Waals surface area (Å²) in [7, 11) is -3.42. The number of nitrogens with zero attached hydrogens (tertiary/aromatic N) is 1. The van der Waals surface area contributed by atoms with Crippen LogP contribution in [-0.4, -0.2) is 19.9 Å². The lowest BCUT2D eigenvalue weighted by atomic mass is 10.3. The van der Waals surface area contributed by atoms with Crippen LogP contribution in [0.5, 0.6) is 0 Å². The number of rotatable bonds is 6. The van der Waals surface area contributed by atoms with Crippen molar-refractivity contribution in [3.05, 3.63) is 23.9 Å². The molecule has 0 atom stereocenters.